The highest BCUT2D eigenvalue weighted by molar-refractivity contribution is 5.78. The molecule has 0 radical (unpaired) electrons. The molecular weight excluding hydrogens is 305 g/mol. The van der Waals surface area contributed by atoms with Gasteiger partial charge in [-0.1, -0.05) is 12.1 Å². The molecule has 0 bridgehead atoms. The number of carbonyl (C=O) groups is 2. The monoisotopic (exact) mass is 320 g/mol. The summed E-state index contributed by atoms with van der Waals surface area (Å²) in [5, 5.41) is 19.5. The average molecular weight is 320 g/mol. The summed E-state index contributed by atoms with van der Waals surface area (Å²) in [6, 6.07) is 2.55. The predicted octanol–water partition coefficient (Wildman–Crippen LogP) is 1.87. The lowest BCUT2D eigenvalue weighted by Crippen LogP contribution is -2.23. The first-order valence-corrected chi connectivity index (χ1v) is 6.38. The molecule has 2 N–H and O–H groups in total. The highest BCUT2D eigenvalue weighted by Gasteiger charge is 2.34. The van der Waals surface area contributed by atoms with Gasteiger partial charge in [-0.25, -0.2) is 0 Å². The first-order valence-electron chi connectivity index (χ1n) is 6.38. The van der Waals surface area contributed by atoms with Crippen LogP contribution in [-0.4, -0.2) is 35.2 Å². The minimum atomic E-state index is -4.78. The van der Waals surface area contributed by atoms with E-state index in [1.165, 1.54) is 0 Å². The Balaban J connectivity index is 3.01. The van der Waals surface area contributed by atoms with Crippen LogP contribution in [0.1, 0.15) is 40.9 Å². The molecule has 0 aromatic heterocycles. The predicted molar refractivity (Wildman–Crippen MR) is 69.0 cm³/mol. The van der Waals surface area contributed by atoms with Crippen LogP contribution in [0.3, 0.4) is 0 Å². The second kappa shape index (κ2) is 7.37. The van der Waals surface area contributed by atoms with Gasteiger partial charge in [0.1, 0.15) is 6.10 Å². The van der Waals surface area contributed by atoms with Crippen LogP contribution < -0.4 is 0 Å². The van der Waals surface area contributed by atoms with Crippen molar-refractivity contribution >= 4 is 12.3 Å². The van der Waals surface area contributed by atoms with Gasteiger partial charge in [0.05, 0.1) is 24.7 Å². The van der Waals surface area contributed by atoms with Gasteiger partial charge in [-0.15, -0.1) is 0 Å². The summed E-state index contributed by atoms with van der Waals surface area (Å²) >= 11 is 0. The SMILES string of the molecule is CCOC(=O)CC(O)C(O)c1ccc(C=O)c(C(F)(F)F)c1. The van der Waals surface area contributed by atoms with Gasteiger partial charge in [0.15, 0.2) is 6.29 Å². The molecule has 2 unspecified atom stereocenters. The number of carbonyl (C=O) groups excluding carboxylic acids is 2. The summed E-state index contributed by atoms with van der Waals surface area (Å²) in [5.74, 6) is -0.783. The Labute approximate surface area is 124 Å². The van der Waals surface area contributed by atoms with Crippen LogP contribution in [0.2, 0.25) is 0 Å². The molecule has 1 rings (SSSR count). The molecule has 0 amide bonds. The Bertz CT molecular complexity index is 542. The standard InChI is InChI=1S/C14H15F3O5/c1-2-22-12(20)6-11(19)13(21)8-3-4-9(7-18)10(5-8)14(15,16)17/h3-5,7,11,13,19,21H,2,6H2,1H3. The summed E-state index contributed by atoms with van der Waals surface area (Å²) in [6.07, 6.45) is -8.63. The van der Waals surface area contributed by atoms with E-state index in [-0.39, 0.29) is 18.5 Å². The summed E-state index contributed by atoms with van der Waals surface area (Å²) in [5.41, 5.74) is -2.06. The average Bonchev–Trinajstić information content (AvgIpc) is 2.45. The maximum absolute atomic E-state index is 12.8. The molecule has 0 spiro atoms. The molecule has 2 atom stereocenters. The van der Waals surface area contributed by atoms with Gasteiger partial charge in [0.2, 0.25) is 0 Å². The maximum Gasteiger partial charge on any atom is 0.417 e. The van der Waals surface area contributed by atoms with Gasteiger partial charge < -0.3 is 14.9 Å². The Morgan fingerprint density at radius 3 is 2.50 bits per heavy atom. The Kier molecular flexibility index (Phi) is 6.07. The van der Waals surface area contributed by atoms with E-state index < -0.39 is 41.9 Å². The number of alkyl halides is 3. The molecule has 122 valence electrons. The molecule has 1 aromatic rings. The molecule has 0 aliphatic rings. The third kappa shape index (κ3) is 4.54. The molecule has 5 nitrogen and oxygen atoms in total. The zero-order valence-electron chi connectivity index (χ0n) is 11.6. The highest BCUT2D eigenvalue weighted by Crippen LogP contribution is 2.33. The Morgan fingerprint density at radius 2 is 2.00 bits per heavy atom. The van der Waals surface area contributed by atoms with E-state index in [1.807, 2.05) is 0 Å². The second-order valence-electron chi connectivity index (χ2n) is 4.48. The molecule has 22 heavy (non-hydrogen) atoms. The quantitative estimate of drug-likeness (QED) is 0.617. The fourth-order valence-corrected chi connectivity index (χ4v) is 1.83. The molecule has 0 saturated carbocycles. The molecule has 0 fully saturated rings. The number of rotatable bonds is 6. The first kappa shape index (κ1) is 18.1. The van der Waals surface area contributed by atoms with Crippen LogP contribution in [0.5, 0.6) is 0 Å². The summed E-state index contributed by atoms with van der Waals surface area (Å²) in [6.45, 7) is 1.63. The van der Waals surface area contributed by atoms with E-state index in [2.05, 4.69) is 4.74 Å². The van der Waals surface area contributed by atoms with E-state index in [4.69, 9.17) is 0 Å². The van der Waals surface area contributed by atoms with Gasteiger partial charge in [-0.2, -0.15) is 13.2 Å². The number of halogens is 3. The fourth-order valence-electron chi connectivity index (χ4n) is 1.83. The zero-order chi connectivity index (χ0) is 16.9. The molecular formula is C14H15F3O5. The van der Waals surface area contributed by atoms with Crippen molar-refractivity contribution in [2.45, 2.75) is 31.7 Å². The van der Waals surface area contributed by atoms with Gasteiger partial charge >= 0.3 is 12.1 Å². The third-order valence-corrected chi connectivity index (χ3v) is 2.90. The summed E-state index contributed by atoms with van der Waals surface area (Å²) in [4.78, 5) is 21.8. The van der Waals surface area contributed by atoms with Crippen LogP contribution in [0.15, 0.2) is 18.2 Å². The summed E-state index contributed by atoms with van der Waals surface area (Å²) < 4.78 is 43.0. The molecule has 0 saturated heterocycles. The number of esters is 1. The summed E-state index contributed by atoms with van der Waals surface area (Å²) in [7, 11) is 0. The van der Waals surface area contributed by atoms with Crippen LogP contribution in [0.25, 0.3) is 0 Å². The van der Waals surface area contributed by atoms with E-state index >= 15 is 0 Å². The number of benzene rings is 1. The van der Waals surface area contributed by atoms with Crippen molar-refractivity contribution in [1.82, 2.24) is 0 Å². The lowest BCUT2D eigenvalue weighted by molar-refractivity contribution is -0.147. The number of aliphatic hydroxyl groups is 2. The van der Waals surface area contributed by atoms with Gasteiger partial charge in [-0.05, 0) is 18.6 Å². The number of hydrogen-bond donors (Lipinski definition) is 2. The Morgan fingerprint density at radius 1 is 1.36 bits per heavy atom. The second-order valence-corrected chi connectivity index (χ2v) is 4.48. The van der Waals surface area contributed by atoms with E-state index in [0.29, 0.717) is 6.07 Å². The van der Waals surface area contributed by atoms with Crippen molar-refractivity contribution in [3.05, 3.63) is 34.9 Å². The molecule has 0 heterocycles. The lowest BCUT2D eigenvalue weighted by Gasteiger charge is -2.19. The first-order chi connectivity index (χ1) is 10.2. The van der Waals surface area contributed by atoms with Crippen molar-refractivity contribution in [3.8, 4) is 0 Å². The number of ether oxygens (including phenoxy) is 1. The maximum atomic E-state index is 12.8. The van der Waals surface area contributed by atoms with E-state index in [9.17, 15) is 33.0 Å². The highest BCUT2D eigenvalue weighted by atomic mass is 19.4. The minimum Gasteiger partial charge on any atom is -0.466 e. The molecule has 0 aliphatic heterocycles. The van der Waals surface area contributed by atoms with Crippen molar-refractivity contribution in [2.75, 3.05) is 6.61 Å². The van der Waals surface area contributed by atoms with Gasteiger partial charge in [0, 0.05) is 5.56 Å². The van der Waals surface area contributed by atoms with Crippen LogP contribution in [-0.2, 0) is 15.7 Å². The van der Waals surface area contributed by atoms with Crippen LogP contribution >= 0.6 is 0 Å². The van der Waals surface area contributed by atoms with Crippen LogP contribution in [0.4, 0.5) is 13.2 Å². The fraction of sp³-hybridized carbons (Fsp3) is 0.429. The smallest absolute Gasteiger partial charge is 0.417 e. The van der Waals surface area contributed by atoms with Crippen molar-refractivity contribution in [2.24, 2.45) is 0 Å². The zero-order valence-corrected chi connectivity index (χ0v) is 11.6. The normalized spacial score (nSPS) is 14.3. The van der Waals surface area contributed by atoms with Gasteiger partial charge in [0.25, 0.3) is 0 Å². The molecule has 1 aromatic carbocycles. The van der Waals surface area contributed by atoms with E-state index in [0.717, 1.165) is 12.1 Å². The Hall–Kier alpha value is -1.93. The van der Waals surface area contributed by atoms with Crippen molar-refractivity contribution < 1.29 is 37.7 Å². The number of aliphatic hydroxyl groups excluding tert-OH is 2. The lowest BCUT2D eigenvalue weighted by atomic mass is 9.97. The van der Waals surface area contributed by atoms with Crippen molar-refractivity contribution in [3.63, 3.8) is 0 Å². The number of hydrogen-bond acceptors (Lipinski definition) is 5. The van der Waals surface area contributed by atoms with Gasteiger partial charge in [-0.3, -0.25) is 9.59 Å². The van der Waals surface area contributed by atoms with E-state index in [1.54, 1.807) is 6.92 Å². The third-order valence-electron chi connectivity index (χ3n) is 2.90. The topological polar surface area (TPSA) is 83.8 Å². The molecule has 0 aliphatic carbocycles. The largest absolute Gasteiger partial charge is 0.466 e. The van der Waals surface area contributed by atoms with Crippen LogP contribution in [0, 0.1) is 0 Å². The number of aldehydes is 1. The molecule has 8 heteroatoms. The van der Waals surface area contributed by atoms with Crippen molar-refractivity contribution in [1.29, 1.82) is 0 Å². The minimum absolute atomic E-state index is 0.0496.